The predicted molar refractivity (Wildman–Crippen MR) is 66.5 cm³/mol. The van der Waals surface area contributed by atoms with Crippen molar-refractivity contribution in [3.63, 3.8) is 0 Å². The molecule has 0 aliphatic carbocycles. The monoisotopic (exact) mass is 299 g/mol. The SMILES string of the molecule is Cc1cc(C(=O)NCc2ncc[nH]2)sc1Br. The maximum atomic E-state index is 11.7. The number of nitrogens with zero attached hydrogens (tertiary/aromatic N) is 1. The summed E-state index contributed by atoms with van der Waals surface area (Å²) in [6.45, 7) is 2.38. The summed E-state index contributed by atoms with van der Waals surface area (Å²) in [5.41, 5.74) is 1.08. The van der Waals surface area contributed by atoms with Gasteiger partial charge < -0.3 is 10.3 Å². The van der Waals surface area contributed by atoms with Crippen molar-refractivity contribution in [3.8, 4) is 0 Å². The number of rotatable bonds is 3. The lowest BCUT2D eigenvalue weighted by Crippen LogP contribution is -2.22. The van der Waals surface area contributed by atoms with Crippen LogP contribution in [0.25, 0.3) is 0 Å². The number of nitrogens with one attached hydrogen (secondary N) is 2. The number of hydrogen-bond donors (Lipinski definition) is 2. The van der Waals surface area contributed by atoms with Gasteiger partial charge in [0.15, 0.2) is 0 Å². The quantitative estimate of drug-likeness (QED) is 0.915. The molecule has 2 aromatic heterocycles. The van der Waals surface area contributed by atoms with Gasteiger partial charge in [0.05, 0.1) is 15.2 Å². The normalized spacial score (nSPS) is 10.4. The van der Waals surface area contributed by atoms with E-state index in [0.717, 1.165) is 15.2 Å². The van der Waals surface area contributed by atoms with Crippen molar-refractivity contribution in [3.05, 3.63) is 38.5 Å². The first kappa shape index (κ1) is 11.3. The summed E-state index contributed by atoms with van der Waals surface area (Å²) in [6.07, 6.45) is 3.39. The molecule has 0 saturated carbocycles. The molecule has 0 radical (unpaired) electrons. The molecule has 16 heavy (non-hydrogen) atoms. The maximum Gasteiger partial charge on any atom is 0.261 e. The molecule has 0 bridgehead atoms. The van der Waals surface area contributed by atoms with Gasteiger partial charge in [-0.25, -0.2) is 4.98 Å². The molecule has 2 aromatic rings. The fourth-order valence-corrected chi connectivity index (χ4v) is 2.67. The van der Waals surface area contributed by atoms with Gasteiger partial charge in [0.1, 0.15) is 5.82 Å². The maximum absolute atomic E-state index is 11.7. The van der Waals surface area contributed by atoms with E-state index in [1.165, 1.54) is 11.3 Å². The van der Waals surface area contributed by atoms with Crippen LogP contribution in [-0.2, 0) is 6.54 Å². The van der Waals surface area contributed by atoms with E-state index in [-0.39, 0.29) is 5.91 Å². The zero-order valence-electron chi connectivity index (χ0n) is 8.58. The number of carbonyl (C=O) groups excluding carboxylic acids is 1. The van der Waals surface area contributed by atoms with Crippen molar-refractivity contribution < 1.29 is 4.79 Å². The van der Waals surface area contributed by atoms with E-state index >= 15 is 0 Å². The van der Waals surface area contributed by atoms with Crippen LogP contribution in [-0.4, -0.2) is 15.9 Å². The number of H-pyrrole nitrogens is 1. The van der Waals surface area contributed by atoms with E-state index in [4.69, 9.17) is 0 Å². The number of thiophene rings is 1. The minimum atomic E-state index is -0.0739. The summed E-state index contributed by atoms with van der Waals surface area (Å²) < 4.78 is 0.996. The Kier molecular flexibility index (Phi) is 3.40. The van der Waals surface area contributed by atoms with E-state index in [2.05, 4.69) is 31.2 Å². The second-order valence-corrected chi connectivity index (χ2v) is 5.66. The molecule has 2 heterocycles. The highest BCUT2D eigenvalue weighted by molar-refractivity contribution is 9.11. The molecular weight excluding hydrogens is 290 g/mol. The number of hydrogen-bond acceptors (Lipinski definition) is 3. The summed E-state index contributed by atoms with van der Waals surface area (Å²) in [7, 11) is 0. The van der Waals surface area contributed by atoms with Gasteiger partial charge >= 0.3 is 0 Å². The first-order valence-corrected chi connectivity index (χ1v) is 6.30. The Morgan fingerprint density at radius 1 is 1.69 bits per heavy atom. The van der Waals surface area contributed by atoms with Crippen LogP contribution >= 0.6 is 27.3 Å². The van der Waals surface area contributed by atoms with Gasteiger partial charge in [-0.15, -0.1) is 11.3 Å². The van der Waals surface area contributed by atoms with Crippen LogP contribution < -0.4 is 5.32 Å². The Balaban J connectivity index is 1.98. The molecule has 0 spiro atoms. The summed E-state index contributed by atoms with van der Waals surface area (Å²) in [6, 6.07) is 1.87. The molecular formula is C10H10BrN3OS. The molecule has 4 nitrogen and oxygen atoms in total. The minimum absolute atomic E-state index is 0.0739. The lowest BCUT2D eigenvalue weighted by Gasteiger charge is -1.99. The largest absolute Gasteiger partial charge is 0.347 e. The van der Waals surface area contributed by atoms with Crippen LogP contribution in [0.3, 0.4) is 0 Å². The molecule has 0 unspecified atom stereocenters. The Hall–Kier alpha value is -1.14. The molecule has 0 fully saturated rings. The molecule has 0 saturated heterocycles. The van der Waals surface area contributed by atoms with Gasteiger partial charge in [-0.3, -0.25) is 4.79 Å². The van der Waals surface area contributed by atoms with Crippen molar-refractivity contribution in [1.82, 2.24) is 15.3 Å². The Labute approximate surface area is 105 Å². The molecule has 2 N–H and O–H groups in total. The molecule has 2 rings (SSSR count). The Morgan fingerprint density at radius 3 is 3.06 bits per heavy atom. The molecule has 0 aliphatic rings. The van der Waals surface area contributed by atoms with Gasteiger partial charge in [-0.1, -0.05) is 0 Å². The van der Waals surface area contributed by atoms with Gasteiger partial charge in [-0.2, -0.15) is 0 Å². The average Bonchev–Trinajstić information content (AvgIpc) is 2.86. The highest BCUT2D eigenvalue weighted by atomic mass is 79.9. The average molecular weight is 300 g/mol. The number of imidazole rings is 1. The van der Waals surface area contributed by atoms with Gasteiger partial charge in [-0.05, 0) is 34.5 Å². The van der Waals surface area contributed by atoms with Gasteiger partial charge in [0.25, 0.3) is 5.91 Å². The predicted octanol–water partition coefficient (Wildman–Crippen LogP) is 2.47. The van der Waals surface area contributed by atoms with Gasteiger partial charge in [0.2, 0.25) is 0 Å². The summed E-state index contributed by atoms with van der Waals surface area (Å²) in [5.74, 6) is 0.677. The van der Waals surface area contributed by atoms with Crippen LogP contribution in [0.15, 0.2) is 22.2 Å². The topological polar surface area (TPSA) is 57.8 Å². The van der Waals surface area contributed by atoms with E-state index in [1.807, 2.05) is 13.0 Å². The number of carbonyl (C=O) groups is 1. The zero-order valence-corrected chi connectivity index (χ0v) is 11.0. The summed E-state index contributed by atoms with van der Waals surface area (Å²) >= 11 is 4.83. The van der Waals surface area contributed by atoms with Crippen LogP contribution in [0.1, 0.15) is 21.1 Å². The first-order chi connectivity index (χ1) is 7.66. The molecule has 6 heteroatoms. The molecule has 1 amide bonds. The highest BCUT2D eigenvalue weighted by Crippen LogP contribution is 2.27. The van der Waals surface area contributed by atoms with E-state index in [9.17, 15) is 4.79 Å². The second-order valence-electron chi connectivity index (χ2n) is 3.29. The molecule has 0 aliphatic heterocycles. The van der Waals surface area contributed by atoms with Gasteiger partial charge in [0, 0.05) is 12.4 Å². The minimum Gasteiger partial charge on any atom is -0.347 e. The van der Waals surface area contributed by atoms with Crippen LogP contribution in [0, 0.1) is 6.92 Å². The smallest absolute Gasteiger partial charge is 0.261 e. The van der Waals surface area contributed by atoms with Crippen LogP contribution in [0.4, 0.5) is 0 Å². The molecule has 0 aromatic carbocycles. The van der Waals surface area contributed by atoms with Crippen molar-refractivity contribution in [1.29, 1.82) is 0 Å². The third kappa shape index (κ3) is 2.51. The number of aromatic nitrogens is 2. The third-order valence-corrected chi connectivity index (χ3v) is 4.19. The number of aryl methyl sites for hydroxylation is 1. The van der Waals surface area contributed by atoms with Crippen molar-refractivity contribution >= 4 is 33.2 Å². The number of halogens is 1. The standard InChI is InChI=1S/C10H10BrN3OS/c1-6-4-7(16-9(6)11)10(15)14-5-8-12-2-3-13-8/h2-4H,5H2,1H3,(H,12,13)(H,14,15). The fraction of sp³-hybridized carbons (Fsp3) is 0.200. The second kappa shape index (κ2) is 4.80. The zero-order chi connectivity index (χ0) is 11.5. The molecule has 0 atom stereocenters. The van der Waals surface area contributed by atoms with E-state index in [0.29, 0.717) is 11.4 Å². The van der Waals surface area contributed by atoms with E-state index in [1.54, 1.807) is 12.4 Å². The Bertz CT molecular complexity index is 473. The lowest BCUT2D eigenvalue weighted by molar-refractivity contribution is 0.0954. The van der Waals surface area contributed by atoms with Crippen molar-refractivity contribution in [2.45, 2.75) is 13.5 Å². The summed E-state index contributed by atoms with van der Waals surface area (Å²) in [4.78, 5) is 19.4. The lowest BCUT2D eigenvalue weighted by atomic mass is 10.3. The Morgan fingerprint density at radius 2 is 2.50 bits per heavy atom. The first-order valence-electron chi connectivity index (χ1n) is 4.69. The van der Waals surface area contributed by atoms with Crippen LogP contribution in [0.5, 0.6) is 0 Å². The third-order valence-electron chi connectivity index (χ3n) is 2.05. The summed E-state index contributed by atoms with van der Waals surface area (Å²) in [5, 5.41) is 2.80. The van der Waals surface area contributed by atoms with Crippen molar-refractivity contribution in [2.75, 3.05) is 0 Å². The van der Waals surface area contributed by atoms with Crippen molar-refractivity contribution in [2.24, 2.45) is 0 Å². The number of aromatic amines is 1. The highest BCUT2D eigenvalue weighted by Gasteiger charge is 2.10. The fourth-order valence-electron chi connectivity index (χ4n) is 1.22. The van der Waals surface area contributed by atoms with Crippen LogP contribution in [0.2, 0.25) is 0 Å². The molecule has 84 valence electrons. The number of amides is 1. The van der Waals surface area contributed by atoms with E-state index < -0.39 is 0 Å².